The fourth-order valence-corrected chi connectivity index (χ4v) is 2.26. The number of ether oxygens (including phenoxy) is 2. The van der Waals surface area contributed by atoms with E-state index >= 15 is 0 Å². The molecule has 0 bridgehead atoms. The van der Waals surface area contributed by atoms with E-state index in [4.69, 9.17) is 11.5 Å². The molecule has 132 valence electrons. The van der Waals surface area contributed by atoms with Gasteiger partial charge in [0.1, 0.15) is 0 Å². The Morgan fingerprint density at radius 1 is 0.958 bits per heavy atom. The normalized spacial score (nSPS) is 25.0. The maximum atomic E-state index is 12.7. The van der Waals surface area contributed by atoms with Crippen molar-refractivity contribution in [3.63, 3.8) is 0 Å². The minimum Gasteiger partial charge on any atom is -0.405 e. The SMILES string of the molecule is NC1=C(OC(F)(F)F)C(OC(F)(F)F)C(N)(c2ccccc2)C=C1. The Hall–Kier alpha value is -2.20. The summed E-state index contributed by atoms with van der Waals surface area (Å²) in [5, 5.41) is 0. The van der Waals surface area contributed by atoms with Crippen molar-refractivity contribution in [2.45, 2.75) is 24.4 Å². The lowest BCUT2D eigenvalue weighted by Crippen LogP contribution is -2.53. The van der Waals surface area contributed by atoms with E-state index in [9.17, 15) is 26.3 Å². The van der Waals surface area contributed by atoms with Gasteiger partial charge >= 0.3 is 12.7 Å². The number of benzene rings is 1. The molecular weight excluding hydrogens is 342 g/mol. The van der Waals surface area contributed by atoms with Crippen LogP contribution in [0.3, 0.4) is 0 Å². The van der Waals surface area contributed by atoms with Crippen LogP contribution < -0.4 is 11.5 Å². The number of halogens is 6. The topological polar surface area (TPSA) is 70.5 Å². The molecule has 0 aromatic heterocycles. The van der Waals surface area contributed by atoms with Gasteiger partial charge in [-0.05, 0) is 11.6 Å². The van der Waals surface area contributed by atoms with Crippen LogP contribution in [0.5, 0.6) is 0 Å². The highest BCUT2D eigenvalue weighted by atomic mass is 19.4. The van der Waals surface area contributed by atoms with Gasteiger partial charge < -0.3 is 16.2 Å². The van der Waals surface area contributed by atoms with Crippen LogP contribution in [0.2, 0.25) is 0 Å². The minimum absolute atomic E-state index is 0.0891. The van der Waals surface area contributed by atoms with E-state index < -0.39 is 35.8 Å². The molecule has 24 heavy (non-hydrogen) atoms. The van der Waals surface area contributed by atoms with Crippen LogP contribution in [0.15, 0.2) is 53.9 Å². The third-order valence-electron chi connectivity index (χ3n) is 3.25. The van der Waals surface area contributed by atoms with Gasteiger partial charge in [-0.15, -0.1) is 26.3 Å². The Labute approximate surface area is 132 Å². The Balaban J connectivity index is 2.54. The third kappa shape index (κ3) is 4.01. The van der Waals surface area contributed by atoms with Crippen LogP contribution in [-0.4, -0.2) is 18.8 Å². The van der Waals surface area contributed by atoms with E-state index in [0.29, 0.717) is 0 Å². The van der Waals surface area contributed by atoms with Crippen LogP contribution in [-0.2, 0) is 15.0 Å². The molecule has 0 saturated carbocycles. The van der Waals surface area contributed by atoms with Crippen molar-refractivity contribution in [2.75, 3.05) is 0 Å². The molecule has 0 heterocycles. The van der Waals surface area contributed by atoms with E-state index in [1.807, 2.05) is 0 Å². The molecule has 10 heteroatoms. The molecule has 0 radical (unpaired) electrons. The van der Waals surface area contributed by atoms with Crippen LogP contribution in [0.4, 0.5) is 26.3 Å². The number of rotatable bonds is 3. The first kappa shape index (κ1) is 18.1. The summed E-state index contributed by atoms with van der Waals surface area (Å²) in [6.45, 7) is 0. The van der Waals surface area contributed by atoms with Gasteiger partial charge in [0.2, 0.25) is 0 Å². The molecule has 1 aliphatic rings. The minimum atomic E-state index is -5.27. The molecule has 0 aliphatic heterocycles. The van der Waals surface area contributed by atoms with E-state index in [-0.39, 0.29) is 5.56 Å². The fraction of sp³-hybridized carbons (Fsp3) is 0.286. The zero-order valence-corrected chi connectivity index (χ0v) is 11.9. The maximum Gasteiger partial charge on any atom is 0.572 e. The Kier molecular flexibility index (Phi) is 4.55. The molecule has 4 nitrogen and oxygen atoms in total. The number of nitrogens with two attached hydrogens (primary N) is 2. The lowest BCUT2D eigenvalue weighted by Gasteiger charge is -2.39. The van der Waals surface area contributed by atoms with Crippen molar-refractivity contribution >= 4 is 0 Å². The fourth-order valence-electron chi connectivity index (χ4n) is 2.26. The second-order valence-corrected chi connectivity index (χ2v) is 4.94. The van der Waals surface area contributed by atoms with Gasteiger partial charge in [-0.1, -0.05) is 36.4 Å². The quantitative estimate of drug-likeness (QED) is 0.819. The van der Waals surface area contributed by atoms with Crippen LogP contribution in [0, 0.1) is 0 Å². The number of allylic oxidation sites excluding steroid dienone is 1. The zero-order chi connectivity index (χ0) is 18.2. The second-order valence-electron chi connectivity index (χ2n) is 4.94. The predicted molar refractivity (Wildman–Crippen MR) is 70.7 cm³/mol. The molecule has 2 atom stereocenters. The highest BCUT2D eigenvalue weighted by Crippen LogP contribution is 2.40. The smallest absolute Gasteiger partial charge is 0.405 e. The summed E-state index contributed by atoms with van der Waals surface area (Å²) in [5.74, 6) is -1.26. The van der Waals surface area contributed by atoms with Gasteiger partial charge in [0.15, 0.2) is 11.9 Å². The zero-order valence-electron chi connectivity index (χ0n) is 11.9. The van der Waals surface area contributed by atoms with Crippen molar-refractivity contribution < 1.29 is 35.8 Å². The van der Waals surface area contributed by atoms with Crippen molar-refractivity contribution in [1.29, 1.82) is 0 Å². The van der Waals surface area contributed by atoms with Crippen molar-refractivity contribution in [2.24, 2.45) is 11.5 Å². The summed E-state index contributed by atoms with van der Waals surface area (Å²) in [6.07, 6.45) is -10.9. The van der Waals surface area contributed by atoms with Gasteiger partial charge in [-0.25, -0.2) is 0 Å². The van der Waals surface area contributed by atoms with Crippen LogP contribution >= 0.6 is 0 Å². The summed E-state index contributed by atoms with van der Waals surface area (Å²) in [6, 6.07) is 7.20. The van der Waals surface area contributed by atoms with Crippen molar-refractivity contribution in [1.82, 2.24) is 0 Å². The van der Waals surface area contributed by atoms with Crippen LogP contribution in [0.25, 0.3) is 0 Å². The standard InChI is InChI=1S/C14H12F6N2O2/c15-13(16,17)23-10-9(21)6-7-12(22,8-4-2-1-3-5-8)11(10)24-14(18,19)20/h1-7,11H,21-22H2. The lowest BCUT2D eigenvalue weighted by atomic mass is 9.80. The van der Waals surface area contributed by atoms with E-state index in [2.05, 4.69) is 9.47 Å². The largest absolute Gasteiger partial charge is 0.572 e. The molecule has 4 N–H and O–H groups in total. The Bertz CT molecular complexity index is 653. The number of alkyl halides is 6. The molecule has 0 fully saturated rings. The van der Waals surface area contributed by atoms with Gasteiger partial charge in [0.05, 0.1) is 11.2 Å². The summed E-state index contributed by atoms with van der Waals surface area (Å²) >= 11 is 0. The number of hydrogen-bond acceptors (Lipinski definition) is 4. The third-order valence-corrected chi connectivity index (χ3v) is 3.25. The average Bonchev–Trinajstić information content (AvgIpc) is 2.45. The molecular formula is C14H12F6N2O2. The molecule has 1 aromatic rings. The summed E-state index contributed by atoms with van der Waals surface area (Å²) in [7, 11) is 0. The molecule has 1 aromatic carbocycles. The maximum absolute atomic E-state index is 12.7. The summed E-state index contributed by atoms with van der Waals surface area (Å²) < 4.78 is 83.4. The summed E-state index contributed by atoms with van der Waals surface area (Å²) in [5.41, 5.74) is 8.67. The number of hydrogen-bond donors (Lipinski definition) is 2. The molecule has 0 spiro atoms. The van der Waals surface area contributed by atoms with Gasteiger partial charge in [0.25, 0.3) is 0 Å². The lowest BCUT2D eigenvalue weighted by molar-refractivity contribution is -0.362. The molecule has 2 rings (SSSR count). The second kappa shape index (κ2) is 6.02. The summed E-state index contributed by atoms with van der Waals surface area (Å²) in [4.78, 5) is 0. The molecule has 2 unspecified atom stereocenters. The monoisotopic (exact) mass is 354 g/mol. The molecule has 0 saturated heterocycles. The first-order valence-corrected chi connectivity index (χ1v) is 6.46. The Morgan fingerprint density at radius 2 is 1.54 bits per heavy atom. The average molecular weight is 354 g/mol. The Morgan fingerprint density at radius 3 is 2.04 bits per heavy atom. The van der Waals surface area contributed by atoms with Gasteiger partial charge in [0, 0.05) is 0 Å². The van der Waals surface area contributed by atoms with E-state index in [1.165, 1.54) is 24.3 Å². The first-order valence-electron chi connectivity index (χ1n) is 6.46. The van der Waals surface area contributed by atoms with E-state index in [1.54, 1.807) is 6.07 Å². The molecule has 1 aliphatic carbocycles. The molecule has 0 amide bonds. The van der Waals surface area contributed by atoms with Crippen molar-refractivity contribution in [3.05, 3.63) is 59.5 Å². The van der Waals surface area contributed by atoms with Gasteiger partial charge in [-0.2, -0.15) is 0 Å². The highest BCUT2D eigenvalue weighted by molar-refractivity contribution is 5.42. The first-order chi connectivity index (χ1) is 10.9. The predicted octanol–water partition coefficient (Wildman–Crippen LogP) is 3.02. The highest BCUT2D eigenvalue weighted by Gasteiger charge is 2.51. The van der Waals surface area contributed by atoms with Gasteiger partial charge in [-0.3, -0.25) is 4.74 Å². The van der Waals surface area contributed by atoms with E-state index in [0.717, 1.165) is 12.2 Å². The van der Waals surface area contributed by atoms with Crippen molar-refractivity contribution in [3.8, 4) is 0 Å². The van der Waals surface area contributed by atoms with Crippen LogP contribution in [0.1, 0.15) is 5.56 Å².